The number of aromatic nitrogens is 1. The van der Waals surface area contributed by atoms with Crippen molar-refractivity contribution in [1.82, 2.24) is 4.98 Å². The van der Waals surface area contributed by atoms with Gasteiger partial charge in [0.25, 0.3) is 15.9 Å². The molecule has 0 saturated heterocycles. The number of alkyl halides is 3. The summed E-state index contributed by atoms with van der Waals surface area (Å²) in [6.07, 6.45) is -3.81. The van der Waals surface area contributed by atoms with E-state index >= 15 is 0 Å². The predicted octanol–water partition coefficient (Wildman–Crippen LogP) is 5.09. The topological polar surface area (TPSA) is 97.4 Å². The van der Waals surface area contributed by atoms with E-state index in [4.69, 9.17) is 4.74 Å². The van der Waals surface area contributed by atoms with E-state index in [0.29, 0.717) is 22.9 Å². The molecule has 0 bridgehead atoms. The maximum atomic E-state index is 13.4. The first-order chi connectivity index (χ1) is 15.8. The maximum absolute atomic E-state index is 13.4. The SMILES string of the molecule is COc1ccc(NC(=O)c2c(C(F)(F)F)ccnc2C)cc1S(=O)(=O)Nc1c(C)cccc1C. The van der Waals surface area contributed by atoms with E-state index in [1.807, 2.05) is 0 Å². The van der Waals surface area contributed by atoms with Gasteiger partial charge in [-0.15, -0.1) is 0 Å². The van der Waals surface area contributed by atoms with E-state index in [9.17, 15) is 26.4 Å². The zero-order valence-electron chi connectivity index (χ0n) is 18.7. The number of ether oxygens (including phenoxy) is 1. The molecule has 2 N–H and O–H groups in total. The third-order valence-electron chi connectivity index (χ3n) is 5.10. The van der Waals surface area contributed by atoms with E-state index in [0.717, 1.165) is 12.3 Å². The fourth-order valence-electron chi connectivity index (χ4n) is 3.41. The van der Waals surface area contributed by atoms with Crippen LogP contribution in [0.1, 0.15) is 32.7 Å². The third kappa shape index (κ3) is 5.14. The molecule has 0 aliphatic heterocycles. The molecular formula is C23H22F3N3O4S. The lowest BCUT2D eigenvalue weighted by atomic mass is 10.1. The number of anilines is 2. The molecule has 0 fully saturated rings. The number of halogens is 3. The van der Waals surface area contributed by atoms with Crippen molar-refractivity contribution in [3.63, 3.8) is 0 Å². The highest BCUT2D eigenvalue weighted by Crippen LogP contribution is 2.34. The van der Waals surface area contributed by atoms with E-state index < -0.39 is 33.2 Å². The van der Waals surface area contributed by atoms with E-state index in [-0.39, 0.29) is 22.0 Å². The number of pyridine rings is 1. The Morgan fingerprint density at radius 1 is 1.03 bits per heavy atom. The number of para-hydroxylation sites is 1. The van der Waals surface area contributed by atoms with Gasteiger partial charge in [0, 0.05) is 11.9 Å². The third-order valence-corrected chi connectivity index (χ3v) is 6.47. The van der Waals surface area contributed by atoms with Gasteiger partial charge in [-0.3, -0.25) is 14.5 Å². The molecule has 1 heterocycles. The number of amides is 1. The Morgan fingerprint density at radius 3 is 2.26 bits per heavy atom. The van der Waals surface area contributed by atoms with Gasteiger partial charge in [-0.05, 0) is 56.2 Å². The predicted molar refractivity (Wildman–Crippen MR) is 122 cm³/mol. The van der Waals surface area contributed by atoms with Crippen molar-refractivity contribution in [3.05, 3.63) is 76.6 Å². The largest absolute Gasteiger partial charge is 0.495 e. The molecule has 3 rings (SSSR count). The van der Waals surface area contributed by atoms with Gasteiger partial charge in [-0.25, -0.2) is 8.42 Å². The number of carbonyl (C=O) groups is 1. The highest BCUT2D eigenvalue weighted by atomic mass is 32.2. The molecule has 2 aromatic carbocycles. The molecule has 0 atom stereocenters. The van der Waals surface area contributed by atoms with E-state index in [2.05, 4.69) is 15.0 Å². The second-order valence-electron chi connectivity index (χ2n) is 7.51. The summed E-state index contributed by atoms with van der Waals surface area (Å²) in [6.45, 7) is 4.77. The van der Waals surface area contributed by atoms with Crippen LogP contribution in [-0.4, -0.2) is 26.4 Å². The van der Waals surface area contributed by atoms with Crippen LogP contribution in [-0.2, 0) is 16.2 Å². The van der Waals surface area contributed by atoms with Crippen LogP contribution in [0.15, 0.2) is 53.6 Å². The summed E-state index contributed by atoms with van der Waals surface area (Å²) in [4.78, 5) is 16.2. The molecule has 0 radical (unpaired) electrons. The quantitative estimate of drug-likeness (QED) is 0.499. The Morgan fingerprint density at radius 2 is 1.68 bits per heavy atom. The fraction of sp³-hybridized carbons (Fsp3) is 0.217. The highest BCUT2D eigenvalue weighted by molar-refractivity contribution is 7.92. The molecule has 0 unspecified atom stereocenters. The zero-order chi connectivity index (χ0) is 25.3. The first-order valence-corrected chi connectivity index (χ1v) is 11.4. The molecular weight excluding hydrogens is 471 g/mol. The molecule has 0 saturated carbocycles. The number of hydrogen-bond donors (Lipinski definition) is 2. The summed E-state index contributed by atoms with van der Waals surface area (Å²) in [6, 6.07) is 9.73. The molecule has 0 aliphatic rings. The number of nitrogens with one attached hydrogen (secondary N) is 2. The molecule has 1 amide bonds. The second kappa shape index (κ2) is 9.34. The van der Waals surface area contributed by atoms with Gasteiger partial charge in [0.1, 0.15) is 10.6 Å². The van der Waals surface area contributed by atoms with Gasteiger partial charge < -0.3 is 10.1 Å². The van der Waals surface area contributed by atoms with Crippen LogP contribution in [0.3, 0.4) is 0 Å². The smallest absolute Gasteiger partial charge is 0.417 e. The van der Waals surface area contributed by atoms with Gasteiger partial charge in [0.15, 0.2) is 0 Å². The van der Waals surface area contributed by atoms with Crippen molar-refractivity contribution in [2.24, 2.45) is 0 Å². The highest BCUT2D eigenvalue weighted by Gasteiger charge is 2.36. The van der Waals surface area contributed by atoms with Crippen molar-refractivity contribution in [1.29, 1.82) is 0 Å². The Hall–Kier alpha value is -3.60. The van der Waals surface area contributed by atoms with Crippen LogP contribution in [0.25, 0.3) is 0 Å². The van der Waals surface area contributed by atoms with Crippen LogP contribution in [0.4, 0.5) is 24.5 Å². The van der Waals surface area contributed by atoms with Crippen LogP contribution < -0.4 is 14.8 Å². The summed E-state index contributed by atoms with van der Waals surface area (Å²) in [7, 11) is -2.90. The molecule has 1 aromatic heterocycles. The lowest BCUT2D eigenvalue weighted by Gasteiger charge is -2.17. The van der Waals surface area contributed by atoms with Gasteiger partial charge in [0.2, 0.25) is 0 Å². The zero-order valence-corrected chi connectivity index (χ0v) is 19.6. The fourth-order valence-corrected chi connectivity index (χ4v) is 4.81. The molecule has 0 aliphatic carbocycles. The summed E-state index contributed by atoms with van der Waals surface area (Å²) >= 11 is 0. The number of sulfonamides is 1. The Bertz CT molecular complexity index is 1340. The monoisotopic (exact) mass is 493 g/mol. The molecule has 34 heavy (non-hydrogen) atoms. The molecule has 3 aromatic rings. The summed E-state index contributed by atoms with van der Waals surface area (Å²) in [5.41, 5.74) is -0.175. The summed E-state index contributed by atoms with van der Waals surface area (Å²) < 4.78 is 74.2. The molecule has 7 nitrogen and oxygen atoms in total. The molecule has 11 heteroatoms. The second-order valence-corrected chi connectivity index (χ2v) is 9.16. The van der Waals surface area contributed by atoms with Crippen LogP contribution in [0, 0.1) is 20.8 Å². The van der Waals surface area contributed by atoms with Gasteiger partial charge in [0.05, 0.1) is 29.6 Å². The number of hydrogen-bond acceptors (Lipinski definition) is 5. The van der Waals surface area contributed by atoms with Gasteiger partial charge in [-0.2, -0.15) is 13.2 Å². The minimum Gasteiger partial charge on any atom is -0.495 e. The lowest BCUT2D eigenvalue weighted by Crippen LogP contribution is -2.21. The maximum Gasteiger partial charge on any atom is 0.417 e. The number of rotatable bonds is 6. The van der Waals surface area contributed by atoms with E-state index in [1.54, 1.807) is 32.0 Å². The first kappa shape index (κ1) is 25.0. The molecule has 180 valence electrons. The molecule has 0 spiro atoms. The minimum absolute atomic E-state index is 0.00900. The van der Waals surface area contributed by atoms with Crippen molar-refractivity contribution >= 4 is 27.3 Å². The van der Waals surface area contributed by atoms with E-state index in [1.165, 1.54) is 26.2 Å². The summed E-state index contributed by atoms with van der Waals surface area (Å²) in [5, 5.41) is 2.34. The van der Waals surface area contributed by atoms with Gasteiger partial charge >= 0.3 is 6.18 Å². The Kier molecular flexibility index (Phi) is 6.87. The number of aryl methyl sites for hydroxylation is 3. The summed E-state index contributed by atoms with van der Waals surface area (Å²) in [5.74, 6) is -1.08. The van der Waals surface area contributed by atoms with Crippen LogP contribution in [0.5, 0.6) is 5.75 Å². The number of carbonyl (C=O) groups excluding carboxylic acids is 1. The number of methoxy groups -OCH3 is 1. The Labute approximate surface area is 195 Å². The van der Waals surface area contributed by atoms with Crippen molar-refractivity contribution in [2.45, 2.75) is 31.8 Å². The first-order valence-electron chi connectivity index (χ1n) is 9.96. The number of nitrogens with zero attached hydrogens (tertiary/aromatic N) is 1. The lowest BCUT2D eigenvalue weighted by molar-refractivity contribution is -0.138. The average Bonchev–Trinajstić information content (AvgIpc) is 2.75. The van der Waals surface area contributed by atoms with Crippen molar-refractivity contribution in [3.8, 4) is 5.75 Å². The van der Waals surface area contributed by atoms with Crippen molar-refractivity contribution in [2.75, 3.05) is 17.1 Å². The minimum atomic E-state index is -4.77. The van der Waals surface area contributed by atoms with Gasteiger partial charge in [-0.1, -0.05) is 18.2 Å². The average molecular weight is 494 g/mol. The standard InChI is InChI=1S/C23H22F3N3O4S/c1-13-6-5-7-14(2)21(13)29-34(31,32)19-12-16(8-9-18(19)33-4)28-22(30)20-15(3)27-11-10-17(20)23(24,25)26/h5-12,29H,1-4H3,(H,28,30). The van der Waals surface area contributed by atoms with Crippen LogP contribution in [0.2, 0.25) is 0 Å². The number of benzene rings is 2. The van der Waals surface area contributed by atoms with Crippen LogP contribution >= 0.6 is 0 Å². The Balaban J connectivity index is 2.01. The van der Waals surface area contributed by atoms with Crippen molar-refractivity contribution < 1.29 is 31.1 Å². The normalized spacial score (nSPS) is 11.7.